The molecule has 0 aliphatic heterocycles. The first-order valence-electron chi connectivity index (χ1n) is 7.28. The van der Waals surface area contributed by atoms with Crippen LogP contribution in [0.3, 0.4) is 0 Å². The highest BCUT2D eigenvalue weighted by molar-refractivity contribution is 7.84. The van der Waals surface area contributed by atoms with Crippen molar-refractivity contribution in [2.75, 3.05) is 5.75 Å². The molecule has 7 heteroatoms. The molecule has 23 heavy (non-hydrogen) atoms. The zero-order valence-electron chi connectivity index (χ0n) is 13.6. The number of nitrogens with one attached hydrogen (secondary N) is 1. The number of benzene rings is 1. The second kappa shape index (κ2) is 8.67. The molecule has 1 unspecified atom stereocenters. The summed E-state index contributed by atoms with van der Waals surface area (Å²) in [6, 6.07) is 8.20. The van der Waals surface area contributed by atoms with E-state index in [1.54, 1.807) is 20.8 Å². The molecule has 2 atom stereocenters. The first-order valence-corrected chi connectivity index (χ1v) is 8.77. The number of amides is 1. The molecule has 0 heterocycles. The van der Waals surface area contributed by atoms with Gasteiger partial charge in [-0.3, -0.25) is 4.21 Å². The second-order valence-electron chi connectivity index (χ2n) is 6.10. The molecule has 0 aliphatic rings. The van der Waals surface area contributed by atoms with E-state index in [1.807, 2.05) is 30.3 Å². The Hall–Kier alpha value is -1.89. The summed E-state index contributed by atoms with van der Waals surface area (Å²) in [7, 11) is -1.20. The first kappa shape index (κ1) is 19.2. The van der Waals surface area contributed by atoms with Gasteiger partial charge in [0.25, 0.3) is 0 Å². The van der Waals surface area contributed by atoms with Gasteiger partial charge in [0.2, 0.25) is 0 Å². The molecule has 0 saturated heterocycles. The Bertz CT molecular complexity index is 553. The molecule has 0 saturated carbocycles. The Morgan fingerprint density at radius 1 is 1.26 bits per heavy atom. The Labute approximate surface area is 138 Å². The molecule has 1 aromatic rings. The standard InChI is InChI=1S/C16H23NO5S/c1-16(2,3)22-15(20)17-13(14(18)19)9-10-23(21)11-12-7-5-4-6-8-12/h4-8,13H,9-11H2,1-3H3,(H,17,20)(H,18,19)/t13-,23?/m0/s1. The maximum Gasteiger partial charge on any atom is 0.408 e. The van der Waals surface area contributed by atoms with E-state index in [1.165, 1.54) is 0 Å². The number of aliphatic carboxylic acids is 1. The number of rotatable bonds is 7. The van der Waals surface area contributed by atoms with Crippen molar-refractivity contribution in [3.05, 3.63) is 35.9 Å². The predicted molar refractivity (Wildman–Crippen MR) is 88.6 cm³/mol. The van der Waals surface area contributed by atoms with Crippen molar-refractivity contribution < 1.29 is 23.6 Å². The van der Waals surface area contributed by atoms with Gasteiger partial charge in [0.15, 0.2) is 0 Å². The highest BCUT2D eigenvalue weighted by Gasteiger charge is 2.24. The number of alkyl carbamates (subject to hydrolysis) is 1. The van der Waals surface area contributed by atoms with E-state index >= 15 is 0 Å². The van der Waals surface area contributed by atoms with Gasteiger partial charge < -0.3 is 15.2 Å². The van der Waals surface area contributed by atoms with Crippen LogP contribution in [0.4, 0.5) is 4.79 Å². The average Bonchev–Trinajstić information content (AvgIpc) is 2.42. The van der Waals surface area contributed by atoms with Gasteiger partial charge in [0.1, 0.15) is 11.6 Å². The molecular weight excluding hydrogens is 318 g/mol. The zero-order valence-corrected chi connectivity index (χ0v) is 14.4. The first-order chi connectivity index (χ1) is 10.7. The van der Waals surface area contributed by atoms with Crippen LogP contribution in [0.25, 0.3) is 0 Å². The van der Waals surface area contributed by atoms with Gasteiger partial charge >= 0.3 is 12.1 Å². The minimum absolute atomic E-state index is 0.0774. The van der Waals surface area contributed by atoms with Crippen LogP contribution in [0.5, 0.6) is 0 Å². The maximum atomic E-state index is 12.0. The summed E-state index contributed by atoms with van der Waals surface area (Å²) in [4.78, 5) is 22.8. The van der Waals surface area contributed by atoms with Crippen LogP contribution in [0.2, 0.25) is 0 Å². The summed E-state index contributed by atoms with van der Waals surface area (Å²) in [6.07, 6.45) is -0.715. The minimum Gasteiger partial charge on any atom is -0.480 e. The number of hydrogen-bond acceptors (Lipinski definition) is 4. The fraction of sp³-hybridized carbons (Fsp3) is 0.500. The monoisotopic (exact) mass is 341 g/mol. The van der Waals surface area contributed by atoms with E-state index in [9.17, 15) is 13.8 Å². The normalized spacial score (nSPS) is 13.9. The summed E-state index contributed by atoms with van der Waals surface area (Å²) in [5.41, 5.74) is 0.223. The van der Waals surface area contributed by atoms with Crippen LogP contribution in [0.15, 0.2) is 30.3 Å². The molecule has 0 fully saturated rings. The lowest BCUT2D eigenvalue weighted by Gasteiger charge is -2.21. The van der Waals surface area contributed by atoms with Crippen molar-refractivity contribution in [3.8, 4) is 0 Å². The number of carbonyl (C=O) groups excluding carboxylic acids is 1. The van der Waals surface area contributed by atoms with E-state index in [0.717, 1.165) is 5.56 Å². The quantitative estimate of drug-likeness (QED) is 0.794. The summed E-state index contributed by atoms with van der Waals surface area (Å²) in [6.45, 7) is 5.08. The number of carboxylic acids is 1. The van der Waals surface area contributed by atoms with Gasteiger partial charge in [-0.2, -0.15) is 0 Å². The van der Waals surface area contributed by atoms with Gasteiger partial charge in [0, 0.05) is 22.3 Å². The molecule has 0 bridgehead atoms. The smallest absolute Gasteiger partial charge is 0.408 e. The molecule has 2 N–H and O–H groups in total. The van der Waals surface area contributed by atoms with Crippen LogP contribution in [0.1, 0.15) is 32.8 Å². The average molecular weight is 341 g/mol. The van der Waals surface area contributed by atoms with Gasteiger partial charge in [-0.25, -0.2) is 9.59 Å². The molecule has 0 aromatic heterocycles. The predicted octanol–water partition coefficient (Wildman–Crippen LogP) is 2.30. The number of carbonyl (C=O) groups is 2. The van der Waals surface area contributed by atoms with Crippen LogP contribution >= 0.6 is 0 Å². The van der Waals surface area contributed by atoms with Gasteiger partial charge in [-0.05, 0) is 32.8 Å². The van der Waals surface area contributed by atoms with E-state index in [0.29, 0.717) is 5.75 Å². The van der Waals surface area contributed by atoms with Crippen LogP contribution in [-0.4, -0.2) is 38.8 Å². The Balaban J connectivity index is 2.48. The largest absolute Gasteiger partial charge is 0.480 e. The van der Waals surface area contributed by atoms with Gasteiger partial charge in [0.05, 0.1) is 0 Å². The number of ether oxygens (including phenoxy) is 1. The lowest BCUT2D eigenvalue weighted by molar-refractivity contribution is -0.139. The summed E-state index contributed by atoms with van der Waals surface area (Å²) >= 11 is 0. The third kappa shape index (κ3) is 8.35. The van der Waals surface area contributed by atoms with Crippen molar-refractivity contribution in [1.82, 2.24) is 5.32 Å². The van der Waals surface area contributed by atoms with Crippen molar-refractivity contribution in [1.29, 1.82) is 0 Å². The molecule has 0 aliphatic carbocycles. The highest BCUT2D eigenvalue weighted by Crippen LogP contribution is 2.08. The topological polar surface area (TPSA) is 92.7 Å². The molecule has 1 rings (SSSR count). The summed E-state index contributed by atoms with van der Waals surface area (Å²) in [5.74, 6) is -0.631. The van der Waals surface area contributed by atoms with Crippen LogP contribution in [0, 0.1) is 0 Å². The molecule has 1 amide bonds. The molecule has 1 aromatic carbocycles. The van der Waals surface area contributed by atoms with E-state index in [4.69, 9.17) is 9.84 Å². The van der Waals surface area contributed by atoms with E-state index < -0.39 is 34.5 Å². The Morgan fingerprint density at radius 3 is 2.39 bits per heavy atom. The molecule has 128 valence electrons. The number of carboxylic acid groups (broad SMARTS) is 1. The maximum absolute atomic E-state index is 12.0. The van der Waals surface area contributed by atoms with Crippen LogP contribution < -0.4 is 5.32 Å². The lowest BCUT2D eigenvalue weighted by atomic mass is 10.2. The van der Waals surface area contributed by atoms with Crippen molar-refractivity contribution >= 4 is 22.9 Å². The van der Waals surface area contributed by atoms with Gasteiger partial charge in [-0.15, -0.1) is 0 Å². The van der Waals surface area contributed by atoms with E-state index in [2.05, 4.69) is 5.32 Å². The fourth-order valence-electron chi connectivity index (χ4n) is 1.79. The van der Waals surface area contributed by atoms with E-state index in [-0.39, 0.29) is 12.2 Å². The molecular formula is C16H23NO5S. The van der Waals surface area contributed by atoms with Crippen LogP contribution in [-0.2, 0) is 26.1 Å². The Morgan fingerprint density at radius 2 is 1.87 bits per heavy atom. The fourth-order valence-corrected chi connectivity index (χ4v) is 3.00. The molecule has 0 spiro atoms. The summed E-state index contributed by atoms with van der Waals surface area (Å²) in [5, 5.41) is 11.5. The van der Waals surface area contributed by atoms with Crippen molar-refractivity contribution in [2.45, 2.75) is 44.6 Å². The second-order valence-corrected chi connectivity index (χ2v) is 7.68. The Kier molecular flexibility index (Phi) is 7.22. The van der Waals surface area contributed by atoms with Crippen molar-refractivity contribution in [3.63, 3.8) is 0 Å². The highest BCUT2D eigenvalue weighted by atomic mass is 32.2. The van der Waals surface area contributed by atoms with Crippen molar-refractivity contribution in [2.24, 2.45) is 0 Å². The molecule has 0 radical (unpaired) electrons. The summed E-state index contributed by atoms with van der Waals surface area (Å²) < 4.78 is 17.1. The van der Waals surface area contributed by atoms with Gasteiger partial charge in [-0.1, -0.05) is 30.3 Å². The third-order valence-corrected chi connectivity index (χ3v) is 4.14. The SMILES string of the molecule is CC(C)(C)OC(=O)N[C@@H](CCS(=O)Cc1ccccc1)C(=O)O. The third-order valence-electron chi connectivity index (χ3n) is 2.79. The zero-order chi connectivity index (χ0) is 17.5. The molecule has 6 nitrogen and oxygen atoms in total. The number of hydrogen-bond donors (Lipinski definition) is 2. The lowest BCUT2D eigenvalue weighted by Crippen LogP contribution is -2.44. The minimum atomic E-state index is -1.20.